The Morgan fingerprint density at radius 1 is 1.38 bits per heavy atom. The average Bonchev–Trinajstić information content (AvgIpc) is 2.54. The molecule has 4 heteroatoms. The SMILES string of the molecule is O=c1sccn1Cc1ccncc1. The van der Waals surface area contributed by atoms with E-state index >= 15 is 0 Å². The van der Waals surface area contributed by atoms with Crippen molar-refractivity contribution in [3.8, 4) is 0 Å². The third-order valence-electron chi connectivity index (χ3n) is 1.75. The Hall–Kier alpha value is -1.42. The Morgan fingerprint density at radius 2 is 2.15 bits per heavy atom. The van der Waals surface area contributed by atoms with Crippen LogP contribution < -0.4 is 4.87 Å². The molecule has 0 saturated heterocycles. The fourth-order valence-corrected chi connectivity index (χ4v) is 1.68. The van der Waals surface area contributed by atoms with Crippen LogP contribution in [0.15, 0.2) is 40.9 Å². The van der Waals surface area contributed by atoms with Gasteiger partial charge < -0.3 is 4.57 Å². The molecule has 0 aliphatic carbocycles. The van der Waals surface area contributed by atoms with Gasteiger partial charge in [0.1, 0.15) is 0 Å². The average molecular weight is 192 g/mol. The molecule has 0 aliphatic rings. The zero-order valence-corrected chi connectivity index (χ0v) is 7.70. The predicted octanol–water partition coefficient (Wildman–Crippen LogP) is 1.35. The molecular formula is C9H8N2OS. The number of pyridine rings is 1. The molecule has 0 unspecified atom stereocenters. The molecule has 0 saturated carbocycles. The van der Waals surface area contributed by atoms with Crippen molar-refractivity contribution in [1.29, 1.82) is 0 Å². The highest BCUT2D eigenvalue weighted by Crippen LogP contribution is 1.99. The van der Waals surface area contributed by atoms with Crippen molar-refractivity contribution in [3.05, 3.63) is 51.3 Å². The van der Waals surface area contributed by atoms with E-state index in [0.29, 0.717) is 6.54 Å². The van der Waals surface area contributed by atoms with Crippen LogP contribution in [0, 0.1) is 0 Å². The largest absolute Gasteiger partial charge is 0.307 e. The van der Waals surface area contributed by atoms with E-state index in [1.165, 1.54) is 11.3 Å². The maximum atomic E-state index is 11.2. The Bertz CT molecular complexity index is 432. The summed E-state index contributed by atoms with van der Waals surface area (Å²) in [6.07, 6.45) is 5.26. The van der Waals surface area contributed by atoms with E-state index in [9.17, 15) is 4.79 Å². The minimum Gasteiger partial charge on any atom is -0.302 e. The molecule has 0 spiro atoms. The highest BCUT2D eigenvalue weighted by atomic mass is 32.1. The van der Waals surface area contributed by atoms with Crippen LogP contribution in [0.1, 0.15) is 5.56 Å². The zero-order valence-electron chi connectivity index (χ0n) is 6.88. The molecule has 66 valence electrons. The maximum Gasteiger partial charge on any atom is 0.307 e. The summed E-state index contributed by atoms with van der Waals surface area (Å²) in [5.74, 6) is 0. The van der Waals surface area contributed by atoms with Gasteiger partial charge in [-0.2, -0.15) is 0 Å². The Labute approximate surface area is 79.3 Å². The molecule has 13 heavy (non-hydrogen) atoms. The van der Waals surface area contributed by atoms with E-state index in [2.05, 4.69) is 4.98 Å². The van der Waals surface area contributed by atoms with Crippen molar-refractivity contribution in [2.24, 2.45) is 0 Å². The molecule has 0 aromatic carbocycles. The minimum absolute atomic E-state index is 0.0804. The third kappa shape index (κ3) is 1.84. The van der Waals surface area contributed by atoms with Crippen molar-refractivity contribution < 1.29 is 0 Å². The molecule has 0 atom stereocenters. The standard InChI is InChI=1S/C9H8N2OS/c12-9-11(5-6-13-9)7-8-1-3-10-4-2-8/h1-6H,7H2. The first-order valence-corrected chi connectivity index (χ1v) is 4.77. The van der Waals surface area contributed by atoms with Crippen LogP contribution in [-0.4, -0.2) is 9.55 Å². The molecule has 0 bridgehead atoms. The number of rotatable bonds is 2. The minimum atomic E-state index is 0.0804. The first-order chi connectivity index (χ1) is 6.36. The van der Waals surface area contributed by atoms with Gasteiger partial charge in [-0.15, -0.1) is 0 Å². The lowest BCUT2D eigenvalue weighted by Gasteiger charge is -1.99. The topological polar surface area (TPSA) is 34.9 Å². The number of nitrogens with zero attached hydrogens (tertiary/aromatic N) is 2. The Morgan fingerprint density at radius 3 is 2.77 bits per heavy atom. The lowest BCUT2D eigenvalue weighted by Crippen LogP contribution is -2.12. The van der Waals surface area contributed by atoms with Gasteiger partial charge >= 0.3 is 4.87 Å². The highest BCUT2D eigenvalue weighted by molar-refractivity contribution is 7.07. The van der Waals surface area contributed by atoms with Gasteiger partial charge in [0.25, 0.3) is 0 Å². The second-order valence-electron chi connectivity index (χ2n) is 2.65. The summed E-state index contributed by atoms with van der Waals surface area (Å²) in [6.45, 7) is 0.630. The van der Waals surface area contributed by atoms with Crippen LogP contribution in [0.5, 0.6) is 0 Å². The number of hydrogen-bond donors (Lipinski definition) is 0. The lowest BCUT2D eigenvalue weighted by atomic mass is 10.3. The highest BCUT2D eigenvalue weighted by Gasteiger charge is 1.96. The van der Waals surface area contributed by atoms with Gasteiger partial charge in [0, 0.05) is 24.0 Å². The van der Waals surface area contributed by atoms with Crippen LogP contribution in [0.4, 0.5) is 0 Å². The monoisotopic (exact) mass is 192 g/mol. The molecule has 2 aromatic heterocycles. The normalized spacial score (nSPS) is 10.2. The predicted molar refractivity (Wildman–Crippen MR) is 51.9 cm³/mol. The Kier molecular flexibility index (Phi) is 2.23. The van der Waals surface area contributed by atoms with E-state index in [-0.39, 0.29) is 4.87 Å². The van der Waals surface area contributed by atoms with Gasteiger partial charge in [0.05, 0.1) is 6.54 Å². The molecule has 2 aromatic rings. The summed E-state index contributed by atoms with van der Waals surface area (Å²) in [6, 6.07) is 3.81. The number of hydrogen-bond acceptors (Lipinski definition) is 3. The van der Waals surface area contributed by atoms with E-state index in [1.54, 1.807) is 28.5 Å². The molecule has 2 heterocycles. The van der Waals surface area contributed by atoms with Gasteiger partial charge in [-0.1, -0.05) is 11.3 Å². The summed E-state index contributed by atoms with van der Waals surface area (Å²) in [5.41, 5.74) is 1.09. The van der Waals surface area contributed by atoms with Gasteiger partial charge in [-0.25, -0.2) is 0 Å². The van der Waals surface area contributed by atoms with Gasteiger partial charge in [0.15, 0.2) is 0 Å². The molecule has 3 nitrogen and oxygen atoms in total. The second-order valence-corrected chi connectivity index (χ2v) is 3.51. The van der Waals surface area contributed by atoms with Crippen LogP contribution in [0.3, 0.4) is 0 Å². The molecule has 0 amide bonds. The summed E-state index contributed by atoms with van der Waals surface area (Å²) in [4.78, 5) is 15.2. The van der Waals surface area contributed by atoms with Crippen molar-refractivity contribution >= 4 is 11.3 Å². The fourth-order valence-electron chi connectivity index (χ4n) is 1.09. The van der Waals surface area contributed by atoms with E-state index in [0.717, 1.165) is 5.56 Å². The van der Waals surface area contributed by atoms with Crippen molar-refractivity contribution in [2.45, 2.75) is 6.54 Å². The van der Waals surface area contributed by atoms with Crippen LogP contribution in [0.2, 0.25) is 0 Å². The third-order valence-corrected chi connectivity index (χ3v) is 2.44. The number of aromatic nitrogens is 2. The maximum absolute atomic E-state index is 11.2. The van der Waals surface area contributed by atoms with Crippen molar-refractivity contribution in [1.82, 2.24) is 9.55 Å². The molecule has 0 radical (unpaired) electrons. The summed E-state index contributed by atoms with van der Waals surface area (Å²) < 4.78 is 1.68. The quantitative estimate of drug-likeness (QED) is 0.720. The fraction of sp³-hybridized carbons (Fsp3) is 0.111. The van der Waals surface area contributed by atoms with E-state index in [4.69, 9.17) is 0 Å². The summed E-state index contributed by atoms with van der Waals surface area (Å²) >= 11 is 1.22. The second kappa shape index (κ2) is 3.53. The van der Waals surface area contributed by atoms with Gasteiger partial charge in [-0.3, -0.25) is 9.78 Å². The number of thiazole rings is 1. The van der Waals surface area contributed by atoms with Crippen molar-refractivity contribution in [2.75, 3.05) is 0 Å². The first kappa shape index (κ1) is 8.19. The molecule has 0 fully saturated rings. The lowest BCUT2D eigenvalue weighted by molar-refractivity contribution is 0.782. The van der Waals surface area contributed by atoms with E-state index < -0.39 is 0 Å². The van der Waals surface area contributed by atoms with Crippen LogP contribution in [0.25, 0.3) is 0 Å². The smallest absolute Gasteiger partial charge is 0.302 e. The van der Waals surface area contributed by atoms with Gasteiger partial charge in [0.2, 0.25) is 0 Å². The molecule has 0 N–H and O–H groups in total. The van der Waals surface area contributed by atoms with Crippen LogP contribution >= 0.6 is 11.3 Å². The van der Waals surface area contributed by atoms with E-state index in [1.807, 2.05) is 12.1 Å². The summed E-state index contributed by atoms with van der Waals surface area (Å²) in [7, 11) is 0. The molecular weight excluding hydrogens is 184 g/mol. The van der Waals surface area contributed by atoms with Crippen LogP contribution in [-0.2, 0) is 6.54 Å². The molecule has 0 aliphatic heterocycles. The zero-order chi connectivity index (χ0) is 9.10. The molecule has 2 rings (SSSR count). The summed E-state index contributed by atoms with van der Waals surface area (Å²) in [5, 5.41) is 1.80. The van der Waals surface area contributed by atoms with Crippen molar-refractivity contribution in [3.63, 3.8) is 0 Å². The Balaban J connectivity index is 2.25. The first-order valence-electron chi connectivity index (χ1n) is 3.89. The van der Waals surface area contributed by atoms with Gasteiger partial charge in [-0.05, 0) is 17.7 Å².